The van der Waals surface area contributed by atoms with E-state index in [9.17, 15) is 9.59 Å². The monoisotopic (exact) mass is 506 g/mol. The van der Waals surface area contributed by atoms with Crippen molar-refractivity contribution in [2.45, 2.75) is 57.4 Å². The van der Waals surface area contributed by atoms with Crippen molar-refractivity contribution < 1.29 is 9.59 Å². The average Bonchev–Trinajstić information content (AvgIpc) is 3.77. The lowest BCUT2D eigenvalue weighted by Gasteiger charge is -2.55. The molecular formula is C34H38N2O2. The molecule has 0 radical (unpaired) electrons. The Morgan fingerprint density at radius 1 is 1.00 bits per heavy atom. The highest BCUT2D eigenvalue weighted by atomic mass is 16.1. The first-order valence-electron chi connectivity index (χ1n) is 14.4. The smallest absolute Gasteiger partial charge is 0.251 e. The van der Waals surface area contributed by atoms with E-state index in [1.165, 1.54) is 29.5 Å². The van der Waals surface area contributed by atoms with Gasteiger partial charge in [-0.3, -0.25) is 14.5 Å². The van der Waals surface area contributed by atoms with E-state index in [1.807, 2.05) is 24.3 Å². The second-order valence-corrected chi connectivity index (χ2v) is 11.6. The zero-order valence-corrected chi connectivity index (χ0v) is 22.6. The molecule has 196 valence electrons. The number of benzene rings is 3. The molecule has 2 aliphatic carbocycles. The quantitative estimate of drug-likeness (QED) is 0.391. The molecule has 0 spiro atoms. The van der Waals surface area contributed by atoms with Crippen LogP contribution >= 0.6 is 0 Å². The Morgan fingerprint density at radius 2 is 1.74 bits per heavy atom. The van der Waals surface area contributed by atoms with Crippen LogP contribution in [-0.2, 0) is 11.8 Å². The molecule has 0 unspecified atom stereocenters. The van der Waals surface area contributed by atoms with E-state index >= 15 is 0 Å². The molecular weight excluding hydrogens is 468 g/mol. The second-order valence-electron chi connectivity index (χ2n) is 11.6. The Bertz CT molecular complexity index is 1330. The highest BCUT2D eigenvalue weighted by Crippen LogP contribution is 2.51. The third kappa shape index (κ3) is 4.49. The summed E-state index contributed by atoms with van der Waals surface area (Å²) in [6.07, 6.45) is 5.43. The summed E-state index contributed by atoms with van der Waals surface area (Å²) in [6, 6.07) is 24.7. The van der Waals surface area contributed by atoms with Crippen LogP contribution in [0.2, 0.25) is 0 Å². The molecule has 2 fully saturated rings. The van der Waals surface area contributed by atoms with Crippen LogP contribution in [0.4, 0.5) is 0 Å². The Labute approximate surface area is 226 Å². The maximum Gasteiger partial charge on any atom is 0.251 e. The van der Waals surface area contributed by atoms with Crippen LogP contribution in [0.5, 0.6) is 0 Å². The molecule has 4 heteroatoms. The van der Waals surface area contributed by atoms with Crippen LogP contribution in [-0.4, -0.2) is 42.3 Å². The lowest BCUT2D eigenvalue weighted by Crippen LogP contribution is -2.61. The summed E-state index contributed by atoms with van der Waals surface area (Å²) in [5.74, 6) is 1.23. The van der Waals surface area contributed by atoms with E-state index in [0.717, 1.165) is 49.4 Å². The van der Waals surface area contributed by atoms with E-state index in [-0.39, 0.29) is 29.1 Å². The molecule has 38 heavy (non-hydrogen) atoms. The normalized spacial score (nSPS) is 24.6. The van der Waals surface area contributed by atoms with Crippen molar-refractivity contribution in [1.29, 1.82) is 0 Å². The van der Waals surface area contributed by atoms with E-state index < -0.39 is 0 Å². The predicted octanol–water partition coefficient (Wildman–Crippen LogP) is 6.29. The second kappa shape index (κ2) is 10.1. The molecule has 0 aromatic heterocycles. The van der Waals surface area contributed by atoms with Crippen LogP contribution in [0.15, 0.2) is 72.8 Å². The minimum Gasteiger partial charge on any atom is -0.352 e. The third-order valence-electron chi connectivity index (χ3n) is 9.52. The summed E-state index contributed by atoms with van der Waals surface area (Å²) in [6.45, 7) is 7.13. The van der Waals surface area contributed by atoms with Gasteiger partial charge in [0.25, 0.3) is 5.91 Å². The molecule has 4 nitrogen and oxygen atoms in total. The Balaban J connectivity index is 1.15. The van der Waals surface area contributed by atoms with Crippen molar-refractivity contribution in [3.8, 4) is 11.1 Å². The van der Waals surface area contributed by atoms with Gasteiger partial charge in [-0.25, -0.2) is 0 Å². The highest BCUT2D eigenvalue weighted by Gasteiger charge is 2.54. The number of fused-ring (bicyclic) bond motifs is 4. The van der Waals surface area contributed by atoms with Crippen molar-refractivity contribution in [1.82, 2.24) is 10.2 Å². The number of Topliss-reactive ketones (excluding diaryl/α,β-unsaturated/α-hetero) is 1. The van der Waals surface area contributed by atoms with Gasteiger partial charge in [0.15, 0.2) is 5.78 Å². The van der Waals surface area contributed by atoms with Gasteiger partial charge >= 0.3 is 0 Å². The number of hydrogen-bond acceptors (Lipinski definition) is 3. The fraction of sp³-hybridized carbons (Fsp3) is 0.412. The lowest BCUT2D eigenvalue weighted by atomic mass is 9.56. The Kier molecular flexibility index (Phi) is 6.69. The van der Waals surface area contributed by atoms with E-state index in [2.05, 4.69) is 72.6 Å². The maximum atomic E-state index is 13.7. The molecule has 1 heterocycles. The zero-order valence-electron chi connectivity index (χ0n) is 22.6. The van der Waals surface area contributed by atoms with E-state index in [4.69, 9.17) is 0 Å². The zero-order chi connectivity index (χ0) is 26.3. The molecule has 3 atom stereocenters. The number of piperidine rings is 1. The lowest BCUT2D eigenvalue weighted by molar-refractivity contribution is 0.0197. The number of likely N-dealkylation sites (tertiary alicyclic amines) is 1. The van der Waals surface area contributed by atoms with Gasteiger partial charge in [0.05, 0.1) is 6.04 Å². The van der Waals surface area contributed by atoms with Crippen molar-refractivity contribution in [2.75, 3.05) is 19.6 Å². The van der Waals surface area contributed by atoms with Gasteiger partial charge in [-0.1, -0.05) is 74.5 Å². The van der Waals surface area contributed by atoms with Crippen LogP contribution in [0.1, 0.15) is 71.4 Å². The average molecular weight is 507 g/mol. The number of carbonyl (C=O) groups is 2. The van der Waals surface area contributed by atoms with Gasteiger partial charge in [0.1, 0.15) is 0 Å². The van der Waals surface area contributed by atoms with Crippen LogP contribution in [0, 0.1) is 11.8 Å². The molecule has 3 aliphatic rings. The predicted molar refractivity (Wildman–Crippen MR) is 153 cm³/mol. The number of amides is 1. The third-order valence-corrected chi connectivity index (χ3v) is 9.52. The molecule has 3 aromatic carbocycles. The van der Waals surface area contributed by atoms with Crippen LogP contribution < -0.4 is 5.32 Å². The van der Waals surface area contributed by atoms with Crippen molar-refractivity contribution >= 4 is 11.7 Å². The standard InChI is InChI=1S/C34H38N2O2/c1-3-34-18-20-36(22-25-9-10-25)31(23(34)2)32(37)29-16-15-28(21-30(29)34)33(38)35-19-17-24-11-13-27(14-12-24)26-7-5-4-6-8-26/h4-8,11-16,21,23,25,31H,3,9-10,17-20,22H2,1-2H3,(H,35,38)/t23-,31+,34-/m0/s1. The molecule has 3 aromatic rings. The Hall–Kier alpha value is -3.24. The van der Waals surface area contributed by atoms with Crippen molar-refractivity contribution in [3.05, 3.63) is 95.1 Å². The maximum absolute atomic E-state index is 13.7. The molecule has 1 saturated heterocycles. The summed E-state index contributed by atoms with van der Waals surface area (Å²) in [4.78, 5) is 29.3. The molecule has 6 rings (SSSR count). The molecule has 2 bridgehead atoms. The van der Waals surface area contributed by atoms with Gasteiger partial charge in [0.2, 0.25) is 0 Å². The van der Waals surface area contributed by atoms with Crippen LogP contribution in [0.25, 0.3) is 11.1 Å². The summed E-state index contributed by atoms with van der Waals surface area (Å²) in [7, 11) is 0. The molecule has 1 aliphatic heterocycles. The summed E-state index contributed by atoms with van der Waals surface area (Å²) in [5, 5.41) is 3.11. The largest absolute Gasteiger partial charge is 0.352 e. The highest BCUT2D eigenvalue weighted by molar-refractivity contribution is 6.05. The molecule has 1 amide bonds. The summed E-state index contributed by atoms with van der Waals surface area (Å²) in [5.41, 5.74) is 6.16. The number of carbonyl (C=O) groups excluding carboxylic acids is 2. The minimum atomic E-state index is -0.0617. The van der Waals surface area contributed by atoms with Gasteiger partial charge in [-0.05, 0) is 84.9 Å². The van der Waals surface area contributed by atoms with Gasteiger partial charge in [-0.15, -0.1) is 0 Å². The van der Waals surface area contributed by atoms with Gasteiger partial charge in [0, 0.05) is 29.6 Å². The Morgan fingerprint density at radius 3 is 2.45 bits per heavy atom. The van der Waals surface area contributed by atoms with Crippen molar-refractivity contribution in [3.63, 3.8) is 0 Å². The first-order chi connectivity index (χ1) is 18.5. The summed E-state index contributed by atoms with van der Waals surface area (Å²) < 4.78 is 0. The number of nitrogens with zero attached hydrogens (tertiary/aromatic N) is 1. The van der Waals surface area contributed by atoms with E-state index in [0.29, 0.717) is 12.1 Å². The first-order valence-corrected chi connectivity index (χ1v) is 14.4. The fourth-order valence-corrected chi connectivity index (χ4v) is 7.02. The van der Waals surface area contributed by atoms with E-state index in [1.54, 1.807) is 0 Å². The number of nitrogens with one attached hydrogen (secondary N) is 1. The van der Waals surface area contributed by atoms with Gasteiger partial charge in [-0.2, -0.15) is 0 Å². The topological polar surface area (TPSA) is 49.4 Å². The fourth-order valence-electron chi connectivity index (χ4n) is 7.02. The van der Waals surface area contributed by atoms with Gasteiger partial charge < -0.3 is 5.32 Å². The molecule has 1 saturated carbocycles. The minimum absolute atomic E-state index is 0.0234. The SMILES string of the molecule is CC[C@@]12CCN(CC3CC3)[C@@H](C(=O)c3ccc(C(=O)NCCc4ccc(-c5ccccc5)cc4)cc31)[C@@H]2C. The first kappa shape index (κ1) is 25.1. The molecule has 1 N–H and O–H groups in total. The van der Waals surface area contributed by atoms with Crippen LogP contribution in [0.3, 0.4) is 0 Å². The summed E-state index contributed by atoms with van der Waals surface area (Å²) >= 11 is 0. The number of ketones is 1. The number of rotatable bonds is 8. The number of hydrogen-bond donors (Lipinski definition) is 1. The van der Waals surface area contributed by atoms with Crippen molar-refractivity contribution in [2.24, 2.45) is 11.8 Å².